The van der Waals surface area contributed by atoms with Crippen LogP contribution in [0, 0.1) is 5.82 Å². The normalized spacial score (nSPS) is 15.3. The van der Waals surface area contributed by atoms with E-state index in [1.165, 1.54) is 30.5 Å². The van der Waals surface area contributed by atoms with Gasteiger partial charge in [0.25, 0.3) is 0 Å². The van der Waals surface area contributed by atoms with E-state index in [0.717, 1.165) is 30.9 Å². The standard InChI is InChI=1S/C21H26FN3OS/c1-26-19-10-6-17(7-11-19)20(25-12-2-3-13-25)15-24-21(27)23-14-16-4-8-18(22)9-5-16/h4-11,20H,2-3,12-15H2,1H3,(H2,23,24,27). The molecule has 144 valence electrons. The van der Waals surface area contributed by atoms with Crippen molar-refractivity contribution in [3.05, 3.63) is 65.5 Å². The highest BCUT2D eigenvalue weighted by Gasteiger charge is 2.23. The fourth-order valence-electron chi connectivity index (χ4n) is 3.37. The lowest BCUT2D eigenvalue weighted by Crippen LogP contribution is -2.41. The summed E-state index contributed by atoms with van der Waals surface area (Å²) in [5, 5.41) is 7.14. The van der Waals surface area contributed by atoms with Crippen molar-refractivity contribution < 1.29 is 9.13 Å². The Morgan fingerprint density at radius 3 is 2.37 bits per heavy atom. The molecule has 3 rings (SSSR count). The summed E-state index contributed by atoms with van der Waals surface area (Å²) in [5.41, 5.74) is 2.25. The highest BCUT2D eigenvalue weighted by Crippen LogP contribution is 2.26. The highest BCUT2D eigenvalue weighted by molar-refractivity contribution is 7.80. The van der Waals surface area contributed by atoms with E-state index in [2.05, 4.69) is 27.7 Å². The number of likely N-dealkylation sites (tertiary alicyclic amines) is 1. The molecule has 0 saturated carbocycles. The quantitative estimate of drug-likeness (QED) is 0.710. The molecule has 2 aromatic carbocycles. The summed E-state index contributed by atoms with van der Waals surface area (Å²) in [7, 11) is 1.68. The summed E-state index contributed by atoms with van der Waals surface area (Å²) in [6.07, 6.45) is 2.47. The molecule has 4 nitrogen and oxygen atoms in total. The fraction of sp³-hybridized carbons (Fsp3) is 0.381. The van der Waals surface area contributed by atoms with Crippen LogP contribution >= 0.6 is 12.2 Å². The molecule has 1 heterocycles. The molecule has 0 spiro atoms. The van der Waals surface area contributed by atoms with Gasteiger partial charge in [0.05, 0.1) is 13.2 Å². The highest BCUT2D eigenvalue weighted by atomic mass is 32.1. The van der Waals surface area contributed by atoms with Crippen LogP contribution < -0.4 is 15.4 Å². The molecule has 2 N–H and O–H groups in total. The van der Waals surface area contributed by atoms with Crippen molar-refractivity contribution in [2.45, 2.75) is 25.4 Å². The zero-order chi connectivity index (χ0) is 19.1. The van der Waals surface area contributed by atoms with E-state index in [4.69, 9.17) is 17.0 Å². The lowest BCUT2D eigenvalue weighted by molar-refractivity contribution is 0.245. The Morgan fingerprint density at radius 2 is 1.74 bits per heavy atom. The van der Waals surface area contributed by atoms with Gasteiger partial charge in [-0.2, -0.15) is 0 Å². The topological polar surface area (TPSA) is 36.5 Å². The summed E-state index contributed by atoms with van der Waals surface area (Å²) >= 11 is 5.43. The van der Waals surface area contributed by atoms with Crippen LogP contribution in [0.4, 0.5) is 4.39 Å². The Bertz CT molecular complexity index is 730. The van der Waals surface area contributed by atoms with Crippen LogP contribution in [0.3, 0.4) is 0 Å². The van der Waals surface area contributed by atoms with Gasteiger partial charge in [-0.05, 0) is 73.5 Å². The number of rotatable bonds is 7. The second-order valence-electron chi connectivity index (χ2n) is 6.72. The predicted molar refractivity (Wildman–Crippen MR) is 110 cm³/mol. The zero-order valence-electron chi connectivity index (χ0n) is 15.6. The van der Waals surface area contributed by atoms with Gasteiger partial charge in [0.1, 0.15) is 11.6 Å². The molecular weight excluding hydrogens is 361 g/mol. The van der Waals surface area contributed by atoms with Gasteiger partial charge in [-0.15, -0.1) is 0 Å². The molecule has 2 aromatic rings. The second-order valence-corrected chi connectivity index (χ2v) is 7.13. The Balaban J connectivity index is 1.56. The first-order chi connectivity index (χ1) is 13.2. The molecule has 0 amide bonds. The third kappa shape index (κ3) is 5.65. The molecule has 0 radical (unpaired) electrons. The lowest BCUT2D eigenvalue weighted by Gasteiger charge is -2.29. The third-order valence-corrected chi connectivity index (χ3v) is 5.19. The molecule has 1 aliphatic rings. The minimum Gasteiger partial charge on any atom is -0.497 e. The average Bonchev–Trinajstić information content (AvgIpc) is 3.23. The smallest absolute Gasteiger partial charge is 0.166 e. The van der Waals surface area contributed by atoms with E-state index in [0.29, 0.717) is 11.7 Å². The maximum Gasteiger partial charge on any atom is 0.166 e. The van der Waals surface area contributed by atoms with Gasteiger partial charge in [0.15, 0.2) is 5.11 Å². The average molecular weight is 388 g/mol. The van der Waals surface area contributed by atoms with Crippen LogP contribution in [0.5, 0.6) is 5.75 Å². The maximum absolute atomic E-state index is 13.0. The number of benzene rings is 2. The van der Waals surface area contributed by atoms with Crippen molar-refractivity contribution in [3.63, 3.8) is 0 Å². The molecule has 27 heavy (non-hydrogen) atoms. The molecule has 0 aliphatic carbocycles. The van der Waals surface area contributed by atoms with E-state index >= 15 is 0 Å². The summed E-state index contributed by atoms with van der Waals surface area (Å²) in [6.45, 7) is 3.52. The summed E-state index contributed by atoms with van der Waals surface area (Å²) in [6, 6.07) is 15.0. The molecule has 1 unspecified atom stereocenters. The van der Waals surface area contributed by atoms with Crippen LogP contribution in [0.15, 0.2) is 48.5 Å². The number of ether oxygens (including phenoxy) is 1. The van der Waals surface area contributed by atoms with Gasteiger partial charge >= 0.3 is 0 Å². The Labute approximate surface area is 165 Å². The van der Waals surface area contributed by atoms with Crippen molar-refractivity contribution >= 4 is 17.3 Å². The zero-order valence-corrected chi connectivity index (χ0v) is 16.4. The number of methoxy groups -OCH3 is 1. The first-order valence-corrected chi connectivity index (χ1v) is 9.70. The van der Waals surface area contributed by atoms with E-state index in [9.17, 15) is 4.39 Å². The van der Waals surface area contributed by atoms with E-state index in [-0.39, 0.29) is 11.9 Å². The molecule has 0 bridgehead atoms. The van der Waals surface area contributed by atoms with E-state index < -0.39 is 0 Å². The van der Waals surface area contributed by atoms with Crippen LogP contribution in [0.2, 0.25) is 0 Å². The van der Waals surface area contributed by atoms with Crippen molar-refractivity contribution in [2.24, 2.45) is 0 Å². The van der Waals surface area contributed by atoms with Crippen LogP contribution in [0.25, 0.3) is 0 Å². The molecule has 1 aliphatic heterocycles. The van der Waals surface area contributed by atoms with Crippen LogP contribution in [0.1, 0.15) is 30.0 Å². The largest absolute Gasteiger partial charge is 0.497 e. The SMILES string of the molecule is COc1ccc(C(CNC(=S)NCc2ccc(F)cc2)N2CCCC2)cc1. The van der Waals surface area contributed by atoms with Gasteiger partial charge in [0.2, 0.25) is 0 Å². The van der Waals surface area contributed by atoms with Gasteiger partial charge in [-0.25, -0.2) is 4.39 Å². The molecule has 1 atom stereocenters. The molecule has 1 fully saturated rings. The number of hydrogen-bond acceptors (Lipinski definition) is 3. The van der Waals surface area contributed by atoms with Crippen LogP contribution in [-0.4, -0.2) is 36.8 Å². The summed E-state index contributed by atoms with van der Waals surface area (Å²) < 4.78 is 18.3. The first-order valence-electron chi connectivity index (χ1n) is 9.30. The van der Waals surface area contributed by atoms with Crippen molar-refractivity contribution in [1.29, 1.82) is 0 Å². The second kappa shape index (κ2) is 9.67. The minimum absolute atomic E-state index is 0.229. The van der Waals surface area contributed by atoms with Crippen LogP contribution in [-0.2, 0) is 6.54 Å². The number of nitrogens with one attached hydrogen (secondary N) is 2. The van der Waals surface area contributed by atoms with Gasteiger partial charge in [-0.1, -0.05) is 24.3 Å². The van der Waals surface area contributed by atoms with E-state index in [1.807, 2.05) is 12.1 Å². The summed E-state index contributed by atoms with van der Waals surface area (Å²) in [4.78, 5) is 2.50. The molecule has 6 heteroatoms. The summed E-state index contributed by atoms with van der Waals surface area (Å²) in [5.74, 6) is 0.635. The first kappa shape index (κ1) is 19.6. The number of hydrogen-bond donors (Lipinski definition) is 2. The third-order valence-electron chi connectivity index (χ3n) is 4.90. The number of thiocarbonyl (C=S) groups is 1. The van der Waals surface area contributed by atoms with Crippen molar-refractivity contribution in [1.82, 2.24) is 15.5 Å². The fourth-order valence-corrected chi connectivity index (χ4v) is 3.53. The number of halogens is 1. The Morgan fingerprint density at radius 1 is 1.07 bits per heavy atom. The maximum atomic E-state index is 13.0. The number of nitrogens with zero attached hydrogens (tertiary/aromatic N) is 1. The lowest BCUT2D eigenvalue weighted by atomic mass is 10.1. The molecular formula is C21H26FN3OS. The van der Waals surface area contributed by atoms with Crippen molar-refractivity contribution in [2.75, 3.05) is 26.7 Å². The van der Waals surface area contributed by atoms with Crippen molar-refractivity contribution in [3.8, 4) is 5.75 Å². The van der Waals surface area contributed by atoms with Gasteiger partial charge < -0.3 is 15.4 Å². The molecule has 1 saturated heterocycles. The van der Waals surface area contributed by atoms with Gasteiger partial charge in [0, 0.05) is 13.1 Å². The minimum atomic E-state index is -0.229. The predicted octanol–water partition coefficient (Wildman–Crippen LogP) is 3.64. The monoisotopic (exact) mass is 387 g/mol. The van der Waals surface area contributed by atoms with Gasteiger partial charge in [-0.3, -0.25) is 4.90 Å². The Kier molecular flexibility index (Phi) is 7.01. The Hall–Kier alpha value is -2.18. The van der Waals surface area contributed by atoms with E-state index in [1.54, 1.807) is 19.2 Å². The molecule has 0 aromatic heterocycles.